The minimum atomic E-state index is -0.464. The molecule has 1 unspecified atom stereocenters. The molecule has 6 heteroatoms. The summed E-state index contributed by atoms with van der Waals surface area (Å²) in [6.07, 6.45) is 0. The average Bonchev–Trinajstić information content (AvgIpc) is 2.39. The lowest BCUT2D eigenvalue weighted by Gasteiger charge is -2.15. The lowest BCUT2D eigenvalue weighted by atomic mass is 10.0. The molecular weight excluding hydrogens is 238 g/mol. The van der Waals surface area contributed by atoms with Gasteiger partial charge in [-0.1, -0.05) is 12.1 Å². The van der Waals surface area contributed by atoms with Crippen LogP contribution >= 0.6 is 0 Å². The van der Waals surface area contributed by atoms with Gasteiger partial charge >= 0.3 is 6.47 Å². The fraction of sp³-hybridized carbons (Fsp3) is 0.417. The SMILES string of the molecule is CCOCC(CO[C]=O)c1cccc([N+](=O)[O-])c1. The molecule has 0 amide bonds. The fourth-order valence-electron chi connectivity index (χ4n) is 1.53. The molecule has 0 saturated heterocycles. The van der Waals surface area contributed by atoms with Gasteiger partial charge in [-0.15, -0.1) is 0 Å². The predicted octanol–water partition coefficient (Wildman–Crippen LogP) is 1.80. The van der Waals surface area contributed by atoms with Crippen LogP contribution < -0.4 is 0 Å². The van der Waals surface area contributed by atoms with Gasteiger partial charge in [-0.05, 0) is 12.5 Å². The van der Waals surface area contributed by atoms with Crippen molar-refractivity contribution in [3.8, 4) is 0 Å². The number of carbonyl (C=O) groups excluding carboxylic acids is 1. The molecule has 0 N–H and O–H groups in total. The largest absolute Gasteiger partial charge is 0.457 e. The van der Waals surface area contributed by atoms with E-state index in [0.717, 1.165) is 0 Å². The Morgan fingerprint density at radius 1 is 1.44 bits per heavy atom. The van der Waals surface area contributed by atoms with Crippen LogP contribution in [-0.2, 0) is 14.3 Å². The van der Waals surface area contributed by atoms with E-state index in [1.165, 1.54) is 18.6 Å². The second-order valence-electron chi connectivity index (χ2n) is 3.60. The Morgan fingerprint density at radius 2 is 2.22 bits per heavy atom. The van der Waals surface area contributed by atoms with Crippen molar-refractivity contribution in [2.75, 3.05) is 19.8 Å². The Morgan fingerprint density at radius 3 is 2.83 bits per heavy atom. The number of nitrogens with zero attached hydrogens (tertiary/aromatic N) is 1. The first-order valence-corrected chi connectivity index (χ1v) is 5.50. The van der Waals surface area contributed by atoms with Gasteiger partial charge in [0.05, 0.1) is 11.5 Å². The Bertz CT molecular complexity index is 407. The molecule has 1 atom stereocenters. The van der Waals surface area contributed by atoms with Gasteiger partial charge in [-0.2, -0.15) is 0 Å². The highest BCUT2D eigenvalue weighted by Crippen LogP contribution is 2.21. The molecule has 1 aromatic carbocycles. The Kier molecular flexibility index (Phi) is 5.79. The lowest BCUT2D eigenvalue weighted by molar-refractivity contribution is -0.384. The Labute approximate surface area is 105 Å². The second-order valence-corrected chi connectivity index (χ2v) is 3.60. The zero-order valence-corrected chi connectivity index (χ0v) is 10.00. The van der Waals surface area contributed by atoms with Gasteiger partial charge in [0.25, 0.3) is 5.69 Å². The summed E-state index contributed by atoms with van der Waals surface area (Å²) in [5.41, 5.74) is 0.706. The summed E-state index contributed by atoms with van der Waals surface area (Å²) in [5, 5.41) is 10.7. The van der Waals surface area contributed by atoms with Crippen LogP contribution in [0.2, 0.25) is 0 Å². The topological polar surface area (TPSA) is 78.7 Å². The van der Waals surface area contributed by atoms with Crippen molar-refractivity contribution in [1.82, 2.24) is 0 Å². The molecule has 1 aromatic rings. The summed E-state index contributed by atoms with van der Waals surface area (Å²) in [6.45, 7) is 4.13. The van der Waals surface area contributed by atoms with Crippen LogP contribution in [0.3, 0.4) is 0 Å². The molecule has 6 nitrogen and oxygen atoms in total. The van der Waals surface area contributed by atoms with Crippen LogP contribution in [0, 0.1) is 10.1 Å². The van der Waals surface area contributed by atoms with Crippen LogP contribution in [0.4, 0.5) is 5.69 Å². The molecule has 0 aliphatic heterocycles. The van der Waals surface area contributed by atoms with E-state index < -0.39 is 4.92 Å². The van der Waals surface area contributed by atoms with Crippen LogP contribution in [0.15, 0.2) is 24.3 Å². The third-order valence-electron chi connectivity index (χ3n) is 2.42. The van der Waals surface area contributed by atoms with Crippen LogP contribution in [0.1, 0.15) is 18.4 Å². The summed E-state index contributed by atoms with van der Waals surface area (Å²) < 4.78 is 9.86. The van der Waals surface area contributed by atoms with E-state index in [4.69, 9.17) is 4.74 Å². The number of hydrogen-bond donors (Lipinski definition) is 0. The maximum Gasteiger partial charge on any atom is 0.417 e. The molecule has 1 radical (unpaired) electrons. The summed E-state index contributed by atoms with van der Waals surface area (Å²) in [6, 6.07) is 6.20. The second kappa shape index (κ2) is 7.39. The molecule has 0 bridgehead atoms. The highest BCUT2D eigenvalue weighted by atomic mass is 16.6. The standard InChI is InChI=1S/C12H14NO5/c1-2-17-7-11(8-18-9-14)10-4-3-5-12(6-10)13(15)16/h3-6,11H,2,7-8H2,1H3. The molecule has 0 heterocycles. The van der Waals surface area contributed by atoms with E-state index >= 15 is 0 Å². The van der Waals surface area contributed by atoms with Gasteiger partial charge in [0.2, 0.25) is 0 Å². The van der Waals surface area contributed by atoms with Gasteiger partial charge in [-0.3, -0.25) is 10.1 Å². The first kappa shape index (κ1) is 14.1. The van der Waals surface area contributed by atoms with Gasteiger partial charge in [0.1, 0.15) is 6.61 Å². The van der Waals surface area contributed by atoms with E-state index in [-0.39, 0.29) is 18.2 Å². The molecular formula is C12H14NO5. The zero-order valence-electron chi connectivity index (χ0n) is 10.00. The van der Waals surface area contributed by atoms with E-state index in [9.17, 15) is 14.9 Å². The van der Waals surface area contributed by atoms with Crippen LogP contribution in [0.5, 0.6) is 0 Å². The highest BCUT2D eigenvalue weighted by molar-refractivity contribution is 5.39. The molecule has 18 heavy (non-hydrogen) atoms. The van der Waals surface area contributed by atoms with Crippen molar-refractivity contribution in [1.29, 1.82) is 0 Å². The third kappa shape index (κ3) is 4.14. The number of nitro benzene ring substituents is 1. The molecule has 0 aliphatic carbocycles. The number of benzene rings is 1. The predicted molar refractivity (Wildman–Crippen MR) is 64.0 cm³/mol. The molecule has 1 rings (SSSR count). The third-order valence-corrected chi connectivity index (χ3v) is 2.42. The first-order valence-electron chi connectivity index (χ1n) is 5.50. The minimum Gasteiger partial charge on any atom is -0.457 e. The van der Waals surface area contributed by atoms with E-state index in [0.29, 0.717) is 18.8 Å². The maximum absolute atomic E-state index is 10.7. The zero-order chi connectivity index (χ0) is 13.4. The van der Waals surface area contributed by atoms with Crippen molar-refractivity contribution in [2.24, 2.45) is 0 Å². The van der Waals surface area contributed by atoms with Crippen molar-refractivity contribution in [3.05, 3.63) is 39.9 Å². The van der Waals surface area contributed by atoms with Gasteiger partial charge in [-0.25, -0.2) is 4.79 Å². The van der Waals surface area contributed by atoms with E-state index in [2.05, 4.69) is 4.74 Å². The van der Waals surface area contributed by atoms with Gasteiger partial charge < -0.3 is 9.47 Å². The summed E-state index contributed by atoms with van der Waals surface area (Å²) in [5.74, 6) is -0.230. The number of nitro groups is 1. The minimum absolute atomic E-state index is 0.00378. The highest BCUT2D eigenvalue weighted by Gasteiger charge is 2.16. The normalized spacial score (nSPS) is 11.8. The smallest absolute Gasteiger partial charge is 0.417 e. The Balaban J connectivity index is 2.85. The van der Waals surface area contributed by atoms with E-state index in [1.54, 1.807) is 12.1 Å². The lowest BCUT2D eigenvalue weighted by Crippen LogP contribution is -2.14. The number of hydrogen-bond acceptors (Lipinski definition) is 5. The molecule has 97 valence electrons. The Hall–Kier alpha value is -1.95. The number of ether oxygens (including phenoxy) is 2. The number of rotatable bonds is 8. The molecule has 0 aliphatic rings. The molecule has 0 aromatic heterocycles. The summed E-state index contributed by atoms with van der Waals surface area (Å²) in [4.78, 5) is 20.3. The van der Waals surface area contributed by atoms with Crippen molar-refractivity contribution in [3.63, 3.8) is 0 Å². The van der Waals surface area contributed by atoms with Crippen molar-refractivity contribution >= 4 is 12.2 Å². The van der Waals surface area contributed by atoms with E-state index in [1.807, 2.05) is 6.92 Å². The van der Waals surface area contributed by atoms with Crippen molar-refractivity contribution < 1.29 is 19.2 Å². The van der Waals surface area contributed by atoms with Crippen LogP contribution in [-0.4, -0.2) is 31.2 Å². The number of non-ortho nitro benzene ring substituents is 1. The molecule has 0 saturated carbocycles. The molecule has 0 spiro atoms. The van der Waals surface area contributed by atoms with Crippen LogP contribution in [0.25, 0.3) is 0 Å². The quantitative estimate of drug-likeness (QED) is 0.520. The summed E-state index contributed by atoms with van der Waals surface area (Å²) >= 11 is 0. The summed E-state index contributed by atoms with van der Waals surface area (Å²) in [7, 11) is 0. The first-order chi connectivity index (χ1) is 8.69. The average molecular weight is 252 g/mol. The van der Waals surface area contributed by atoms with Crippen molar-refractivity contribution in [2.45, 2.75) is 12.8 Å². The monoisotopic (exact) mass is 252 g/mol. The fourth-order valence-corrected chi connectivity index (χ4v) is 1.53. The van der Waals surface area contributed by atoms with Gasteiger partial charge in [0.15, 0.2) is 0 Å². The van der Waals surface area contributed by atoms with Gasteiger partial charge in [0, 0.05) is 24.7 Å². The molecule has 0 fully saturated rings. The maximum atomic E-state index is 10.7.